The summed E-state index contributed by atoms with van der Waals surface area (Å²) >= 11 is 1.87. The van der Waals surface area contributed by atoms with Crippen LogP contribution in [-0.4, -0.2) is 38.3 Å². The fraction of sp³-hybridized carbons (Fsp3) is 0.727. The van der Waals surface area contributed by atoms with Crippen LogP contribution >= 0.6 is 11.8 Å². The summed E-state index contributed by atoms with van der Waals surface area (Å²) in [4.78, 5) is 4.50. The number of nitrogens with one attached hydrogen (secondary N) is 1. The predicted molar refractivity (Wildman–Crippen MR) is 71.3 cm³/mol. The minimum absolute atomic E-state index is 0.678. The van der Waals surface area contributed by atoms with Crippen molar-refractivity contribution in [1.29, 1.82) is 0 Å². The number of nitrogens with zero attached hydrogens (tertiary/aromatic N) is 4. The van der Waals surface area contributed by atoms with E-state index in [-0.39, 0.29) is 0 Å². The van der Waals surface area contributed by atoms with Crippen LogP contribution in [0.3, 0.4) is 0 Å². The Bertz CT molecular complexity index is 387. The number of aromatic nitrogens is 3. The maximum Gasteiger partial charge on any atom is 0.156 e. The Kier molecular flexibility index (Phi) is 4.42. The maximum atomic E-state index is 4.50. The highest BCUT2D eigenvalue weighted by atomic mass is 32.2. The van der Waals surface area contributed by atoms with E-state index < -0.39 is 0 Å². The van der Waals surface area contributed by atoms with Crippen molar-refractivity contribution in [3.8, 4) is 0 Å². The topological polar surface area (TPSA) is 55.1 Å². The largest absolute Gasteiger partial charge is 0.364 e. The molecule has 0 saturated carbocycles. The molecular weight excluding hydrogens is 234 g/mol. The molecule has 0 radical (unpaired) electrons. The maximum absolute atomic E-state index is 4.50. The van der Waals surface area contributed by atoms with E-state index in [9.17, 15) is 0 Å². The first-order chi connectivity index (χ1) is 8.29. The molecule has 0 spiro atoms. The zero-order chi connectivity index (χ0) is 12.1. The molecule has 94 valence electrons. The molecule has 0 fully saturated rings. The minimum atomic E-state index is 0.678. The lowest BCUT2D eigenvalue weighted by Crippen LogP contribution is -2.23. The summed E-state index contributed by atoms with van der Waals surface area (Å²) in [5, 5.41) is 13.0. The van der Waals surface area contributed by atoms with Crippen LogP contribution in [0.5, 0.6) is 0 Å². The molecule has 2 rings (SSSR count). The van der Waals surface area contributed by atoms with Crippen molar-refractivity contribution in [2.24, 2.45) is 12.0 Å². The Labute approximate surface area is 106 Å². The van der Waals surface area contributed by atoms with Crippen LogP contribution in [0.2, 0.25) is 0 Å². The van der Waals surface area contributed by atoms with Crippen LogP contribution in [0.15, 0.2) is 11.3 Å². The third-order valence-corrected chi connectivity index (χ3v) is 3.97. The molecule has 1 aromatic rings. The highest BCUT2D eigenvalue weighted by molar-refractivity contribution is 8.14. The van der Waals surface area contributed by atoms with Gasteiger partial charge in [0.15, 0.2) is 5.17 Å². The van der Waals surface area contributed by atoms with Crippen LogP contribution in [0, 0.1) is 0 Å². The molecule has 0 aliphatic carbocycles. The molecule has 1 N–H and O–H groups in total. The third-order valence-electron chi connectivity index (χ3n) is 2.76. The lowest BCUT2D eigenvalue weighted by molar-refractivity contribution is 0.745. The summed E-state index contributed by atoms with van der Waals surface area (Å²) in [6.07, 6.45) is 5.10. The van der Waals surface area contributed by atoms with Crippen molar-refractivity contribution in [3.63, 3.8) is 0 Å². The second-order valence-corrected chi connectivity index (χ2v) is 5.50. The minimum Gasteiger partial charge on any atom is -0.364 e. The average Bonchev–Trinajstić information content (AvgIpc) is 2.90. The number of rotatable bonds is 5. The molecule has 17 heavy (non-hydrogen) atoms. The molecule has 2 heterocycles. The Balaban J connectivity index is 1.68. The lowest BCUT2D eigenvalue weighted by Gasteiger charge is -2.07. The van der Waals surface area contributed by atoms with Gasteiger partial charge in [-0.1, -0.05) is 25.1 Å². The highest BCUT2D eigenvalue weighted by Gasteiger charge is 2.18. The van der Waals surface area contributed by atoms with Gasteiger partial charge < -0.3 is 9.88 Å². The molecule has 1 aliphatic heterocycles. The van der Waals surface area contributed by atoms with E-state index >= 15 is 0 Å². The van der Waals surface area contributed by atoms with Gasteiger partial charge in [0.2, 0.25) is 0 Å². The summed E-state index contributed by atoms with van der Waals surface area (Å²) in [6.45, 7) is 4.06. The molecule has 5 nitrogen and oxygen atoms in total. The van der Waals surface area contributed by atoms with Crippen LogP contribution in [0.4, 0.5) is 0 Å². The highest BCUT2D eigenvalue weighted by Crippen LogP contribution is 2.23. The van der Waals surface area contributed by atoms with Crippen molar-refractivity contribution in [1.82, 2.24) is 20.1 Å². The van der Waals surface area contributed by atoms with E-state index in [4.69, 9.17) is 0 Å². The van der Waals surface area contributed by atoms with E-state index in [1.807, 2.05) is 23.4 Å². The Morgan fingerprint density at radius 2 is 2.47 bits per heavy atom. The number of aliphatic imine (C=N–C) groups is 1. The first kappa shape index (κ1) is 12.4. The van der Waals surface area contributed by atoms with Crippen molar-refractivity contribution >= 4 is 16.9 Å². The van der Waals surface area contributed by atoms with Crippen molar-refractivity contribution in [3.05, 3.63) is 12.2 Å². The number of thioether (sulfide) groups is 1. The van der Waals surface area contributed by atoms with Gasteiger partial charge in [-0.15, -0.1) is 10.2 Å². The number of hydrogen-bond acceptors (Lipinski definition) is 5. The summed E-state index contributed by atoms with van der Waals surface area (Å²) in [5.74, 6) is 1.01. The normalized spacial score (nSPS) is 19.4. The molecular formula is C11H19N5S. The first-order valence-corrected chi connectivity index (χ1v) is 6.95. The van der Waals surface area contributed by atoms with Gasteiger partial charge in [0.1, 0.15) is 12.2 Å². The van der Waals surface area contributed by atoms with Gasteiger partial charge in [-0.3, -0.25) is 4.99 Å². The first-order valence-electron chi connectivity index (χ1n) is 6.07. The van der Waals surface area contributed by atoms with Crippen LogP contribution in [0.25, 0.3) is 0 Å². The summed E-state index contributed by atoms with van der Waals surface area (Å²) < 4.78 is 1.95. The van der Waals surface area contributed by atoms with Gasteiger partial charge in [0.05, 0.1) is 6.54 Å². The van der Waals surface area contributed by atoms with Crippen molar-refractivity contribution in [2.45, 2.75) is 31.4 Å². The van der Waals surface area contributed by atoms with Gasteiger partial charge in [0, 0.05) is 25.3 Å². The Hall–Kier alpha value is -1.04. The average molecular weight is 253 g/mol. The smallest absolute Gasteiger partial charge is 0.156 e. The number of amidine groups is 1. The zero-order valence-corrected chi connectivity index (χ0v) is 11.2. The SMILES string of the molecule is CCCC1CN=C(NCCc2nncn2C)S1. The standard InChI is InChI=1S/C11H19N5S/c1-3-4-9-7-13-11(17-9)12-6-5-10-15-14-8-16(10)2/h8-9H,3-7H2,1-2H3,(H,12,13). The molecule has 1 atom stereocenters. The molecule has 0 amide bonds. The molecule has 6 heteroatoms. The second-order valence-electron chi connectivity index (χ2n) is 4.21. The molecule has 0 bridgehead atoms. The van der Waals surface area contributed by atoms with E-state index in [2.05, 4.69) is 27.4 Å². The number of hydrogen-bond donors (Lipinski definition) is 1. The lowest BCUT2D eigenvalue weighted by atomic mass is 10.2. The van der Waals surface area contributed by atoms with Gasteiger partial charge in [-0.25, -0.2) is 0 Å². The second kappa shape index (κ2) is 6.05. The van der Waals surface area contributed by atoms with Gasteiger partial charge in [0.25, 0.3) is 0 Å². The van der Waals surface area contributed by atoms with Gasteiger partial charge in [-0.2, -0.15) is 0 Å². The van der Waals surface area contributed by atoms with Crippen LogP contribution < -0.4 is 5.32 Å². The van der Waals surface area contributed by atoms with Crippen LogP contribution in [-0.2, 0) is 13.5 Å². The van der Waals surface area contributed by atoms with E-state index in [1.54, 1.807) is 6.33 Å². The fourth-order valence-corrected chi connectivity index (χ4v) is 2.95. The number of aryl methyl sites for hydroxylation is 1. The molecule has 0 aromatic carbocycles. The Morgan fingerprint density at radius 3 is 3.18 bits per heavy atom. The van der Waals surface area contributed by atoms with Crippen LogP contribution in [0.1, 0.15) is 25.6 Å². The van der Waals surface area contributed by atoms with Crippen molar-refractivity contribution in [2.75, 3.05) is 13.1 Å². The van der Waals surface area contributed by atoms with Gasteiger partial charge >= 0.3 is 0 Å². The monoisotopic (exact) mass is 253 g/mol. The van der Waals surface area contributed by atoms with E-state index in [0.29, 0.717) is 5.25 Å². The molecule has 1 aromatic heterocycles. The summed E-state index contributed by atoms with van der Waals surface area (Å²) in [5.41, 5.74) is 0. The predicted octanol–water partition coefficient (Wildman–Crippen LogP) is 1.22. The molecule has 1 aliphatic rings. The van der Waals surface area contributed by atoms with E-state index in [1.165, 1.54) is 12.8 Å². The quantitative estimate of drug-likeness (QED) is 0.857. The summed E-state index contributed by atoms with van der Waals surface area (Å²) in [7, 11) is 1.97. The zero-order valence-electron chi connectivity index (χ0n) is 10.4. The summed E-state index contributed by atoms with van der Waals surface area (Å²) in [6, 6.07) is 0. The fourth-order valence-electron chi connectivity index (χ4n) is 1.80. The van der Waals surface area contributed by atoms with E-state index in [0.717, 1.165) is 30.5 Å². The molecule has 1 unspecified atom stereocenters. The third kappa shape index (κ3) is 3.46. The Morgan fingerprint density at radius 1 is 1.59 bits per heavy atom. The van der Waals surface area contributed by atoms with Gasteiger partial charge in [-0.05, 0) is 6.42 Å². The van der Waals surface area contributed by atoms with Crippen molar-refractivity contribution < 1.29 is 0 Å². The molecule has 0 saturated heterocycles.